The summed E-state index contributed by atoms with van der Waals surface area (Å²) in [5.74, 6) is -0.259. The normalized spacial score (nSPS) is 14.6. The summed E-state index contributed by atoms with van der Waals surface area (Å²) in [6.07, 6.45) is 0. The van der Waals surface area contributed by atoms with Crippen LogP contribution in [0.5, 0.6) is 0 Å². The van der Waals surface area contributed by atoms with Gasteiger partial charge >= 0.3 is 0 Å². The van der Waals surface area contributed by atoms with Crippen LogP contribution in [0.2, 0.25) is 0 Å². The number of hydrogen-bond donors (Lipinski definition) is 2. The Kier molecular flexibility index (Phi) is 4.26. The molecule has 1 unspecified atom stereocenters. The predicted octanol–water partition coefficient (Wildman–Crippen LogP) is 1.36. The molecule has 0 saturated carbocycles. The maximum Gasteiger partial charge on any atom is 0.123 e. The van der Waals surface area contributed by atoms with Crippen LogP contribution in [0.25, 0.3) is 0 Å². The molecule has 0 bridgehead atoms. The summed E-state index contributed by atoms with van der Waals surface area (Å²) in [4.78, 5) is 1.96. The molecule has 1 aromatic rings. The lowest BCUT2D eigenvalue weighted by atomic mass is 10.1. The number of anilines is 1. The standard InChI is InChI=1S/C12H19FN2O/c1-3-15(9-12(2,16)8-14)11-6-4-10(13)5-7-11/h4-7,16H,3,8-9,14H2,1-2H3. The van der Waals surface area contributed by atoms with Crippen LogP contribution in [0.15, 0.2) is 24.3 Å². The molecule has 0 aliphatic carbocycles. The van der Waals surface area contributed by atoms with E-state index < -0.39 is 5.60 Å². The van der Waals surface area contributed by atoms with E-state index in [1.165, 1.54) is 12.1 Å². The molecule has 3 nitrogen and oxygen atoms in total. The Morgan fingerprint density at radius 1 is 1.38 bits per heavy atom. The molecule has 0 aliphatic heterocycles. The number of hydrogen-bond acceptors (Lipinski definition) is 3. The van der Waals surface area contributed by atoms with E-state index in [-0.39, 0.29) is 12.4 Å². The highest BCUT2D eigenvalue weighted by atomic mass is 19.1. The van der Waals surface area contributed by atoms with Crippen molar-refractivity contribution in [3.63, 3.8) is 0 Å². The number of benzene rings is 1. The summed E-state index contributed by atoms with van der Waals surface area (Å²) in [7, 11) is 0. The van der Waals surface area contributed by atoms with Crippen LogP contribution >= 0.6 is 0 Å². The van der Waals surface area contributed by atoms with E-state index in [2.05, 4.69) is 0 Å². The van der Waals surface area contributed by atoms with Crippen molar-refractivity contribution in [2.75, 3.05) is 24.5 Å². The van der Waals surface area contributed by atoms with E-state index in [0.29, 0.717) is 6.54 Å². The van der Waals surface area contributed by atoms with Crippen molar-refractivity contribution in [3.8, 4) is 0 Å². The minimum Gasteiger partial charge on any atom is -0.387 e. The molecule has 3 N–H and O–H groups in total. The first-order chi connectivity index (χ1) is 7.48. The smallest absolute Gasteiger partial charge is 0.123 e. The Bertz CT molecular complexity index is 324. The van der Waals surface area contributed by atoms with Gasteiger partial charge in [-0.1, -0.05) is 0 Å². The second kappa shape index (κ2) is 5.27. The van der Waals surface area contributed by atoms with E-state index in [9.17, 15) is 9.50 Å². The third kappa shape index (κ3) is 3.47. The minimum absolute atomic E-state index is 0.199. The van der Waals surface area contributed by atoms with E-state index in [4.69, 9.17) is 5.73 Å². The number of rotatable bonds is 5. The van der Waals surface area contributed by atoms with Crippen molar-refractivity contribution in [1.29, 1.82) is 0 Å². The van der Waals surface area contributed by atoms with Gasteiger partial charge in [0.15, 0.2) is 0 Å². The van der Waals surface area contributed by atoms with Crippen LogP contribution in [0.3, 0.4) is 0 Å². The second-order valence-corrected chi connectivity index (χ2v) is 4.19. The molecule has 1 aromatic carbocycles. The van der Waals surface area contributed by atoms with Crippen molar-refractivity contribution in [1.82, 2.24) is 0 Å². The fourth-order valence-corrected chi connectivity index (χ4v) is 1.51. The highest BCUT2D eigenvalue weighted by molar-refractivity contribution is 5.46. The fraction of sp³-hybridized carbons (Fsp3) is 0.500. The number of likely N-dealkylation sites (N-methyl/N-ethyl adjacent to an activating group) is 1. The zero-order valence-electron chi connectivity index (χ0n) is 9.78. The Balaban J connectivity index is 2.78. The lowest BCUT2D eigenvalue weighted by Gasteiger charge is -2.31. The molecule has 1 rings (SSSR count). The Morgan fingerprint density at radius 3 is 2.38 bits per heavy atom. The summed E-state index contributed by atoms with van der Waals surface area (Å²) >= 11 is 0. The van der Waals surface area contributed by atoms with Gasteiger partial charge in [0.05, 0.1) is 5.60 Å². The van der Waals surface area contributed by atoms with Crippen LogP contribution in [-0.2, 0) is 0 Å². The third-order valence-corrected chi connectivity index (χ3v) is 2.54. The number of halogens is 1. The minimum atomic E-state index is -0.926. The largest absolute Gasteiger partial charge is 0.387 e. The Hall–Kier alpha value is -1.13. The molecule has 0 heterocycles. The van der Waals surface area contributed by atoms with Crippen LogP contribution in [-0.4, -0.2) is 30.3 Å². The second-order valence-electron chi connectivity index (χ2n) is 4.19. The number of nitrogens with zero attached hydrogens (tertiary/aromatic N) is 1. The van der Waals surface area contributed by atoms with E-state index in [1.807, 2.05) is 11.8 Å². The first-order valence-corrected chi connectivity index (χ1v) is 5.41. The highest BCUT2D eigenvalue weighted by Gasteiger charge is 2.21. The Labute approximate surface area is 95.7 Å². The summed E-state index contributed by atoms with van der Waals surface area (Å²) in [6.45, 7) is 5.05. The molecule has 0 aromatic heterocycles. The van der Waals surface area contributed by atoms with Gasteiger partial charge in [0.2, 0.25) is 0 Å². The molecular weight excluding hydrogens is 207 g/mol. The molecule has 0 amide bonds. The molecule has 0 fully saturated rings. The molecule has 16 heavy (non-hydrogen) atoms. The average molecular weight is 226 g/mol. The number of nitrogens with two attached hydrogens (primary N) is 1. The van der Waals surface area contributed by atoms with Gasteiger partial charge in [0.1, 0.15) is 5.82 Å². The van der Waals surface area contributed by atoms with Crippen molar-refractivity contribution < 1.29 is 9.50 Å². The zero-order valence-corrected chi connectivity index (χ0v) is 9.78. The lowest BCUT2D eigenvalue weighted by Crippen LogP contribution is -2.46. The molecule has 4 heteroatoms. The molecule has 0 aliphatic rings. The van der Waals surface area contributed by atoms with Crippen molar-refractivity contribution in [2.45, 2.75) is 19.4 Å². The van der Waals surface area contributed by atoms with Gasteiger partial charge in [0, 0.05) is 25.3 Å². The molecule has 0 radical (unpaired) electrons. The maximum absolute atomic E-state index is 12.8. The molecule has 1 atom stereocenters. The van der Waals surface area contributed by atoms with Crippen LogP contribution in [0.1, 0.15) is 13.8 Å². The quantitative estimate of drug-likeness (QED) is 0.797. The van der Waals surface area contributed by atoms with Gasteiger partial charge in [0.25, 0.3) is 0 Å². The lowest BCUT2D eigenvalue weighted by molar-refractivity contribution is 0.0763. The van der Waals surface area contributed by atoms with Crippen LogP contribution in [0, 0.1) is 5.82 Å². The summed E-state index contributed by atoms with van der Waals surface area (Å²) in [5, 5.41) is 9.90. The topological polar surface area (TPSA) is 49.5 Å². The van der Waals surface area contributed by atoms with Crippen LogP contribution < -0.4 is 10.6 Å². The first-order valence-electron chi connectivity index (χ1n) is 5.41. The monoisotopic (exact) mass is 226 g/mol. The van der Waals surface area contributed by atoms with Gasteiger partial charge in [-0.15, -0.1) is 0 Å². The number of aliphatic hydroxyl groups is 1. The molecule has 90 valence electrons. The van der Waals surface area contributed by atoms with Crippen LogP contribution in [0.4, 0.5) is 10.1 Å². The molecular formula is C12H19FN2O. The van der Waals surface area contributed by atoms with Gasteiger partial charge in [-0.05, 0) is 38.1 Å². The van der Waals surface area contributed by atoms with Crippen molar-refractivity contribution >= 4 is 5.69 Å². The van der Waals surface area contributed by atoms with Gasteiger partial charge in [-0.25, -0.2) is 4.39 Å². The predicted molar refractivity (Wildman–Crippen MR) is 64.0 cm³/mol. The summed E-state index contributed by atoms with van der Waals surface area (Å²) in [6, 6.07) is 6.22. The van der Waals surface area contributed by atoms with E-state index in [1.54, 1.807) is 19.1 Å². The molecule has 0 spiro atoms. The Morgan fingerprint density at radius 2 is 1.94 bits per heavy atom. The van der Waals surface area contributed by atoms with E-state index in [0.717, 1.165) is 12.2 Å². The third-order valence-electron chi connectivity index (χ3n) is 2.54. The SMILES string of the molecule is CCN(CC(C)(O)CN)c1ccc(F)cc1. The maximum atomic E-state index is 12.8. The van der Waals surface area contributed by atoms with Crippen molar-refractivity contribution in [2.24, 2.45) is 5.73 Å². The van der Waals surface area contributed by atoms with Gasteiger partial charge in [-0.3, -0.25) is 0 Å². The molecule has 0 saturated heterocycles. The summed E-state index contributed by atoms with van der Waals surface area (Å²) in [5.41, 5.74) is 5.44. The zero-order chi connectivity index (χ0) is 12.2. The average Bonchev–Trinajstić information content (AvgIpc) is 2.27. The highest BCUT2D eigenvalue weighted by Crippen LogP contribution is 2.17. The fourth-order valence-electron chi connectivity index (χ4n) is 1.51. The summed E-state index contributed by atoms with van der Waals surface area (Å²) < 4.78 is 12.8. The first kappa shape index (κ1) is 12.9. The van der Waals surface area contributed by atoms with Gasteiger partial charge < -0.3 is 15.7 Å². The van der Waals surface area contributed by atoms with E-state index >= 15 is 0 Å². The van der Waals surface area contributed by atoms with Crippen molar-refractivity contribution in [3.05, 3.63) is 30.1 Å². The van der Waals surface area contributed by atoms with Gasteiger partial charge in [-0.2, -0.15) is 0 Å².